The van der Waals surface area contributed by atoms with E-state index in [1.807, 2.05) is 12.1 Å². The summed E-state index contributed by atoms with van der Waals surface area (Å²) in [5, 5.41) is 19.4. The number of rotatable bonds is 5. The SMILES string of the molecule is COc1ccc(-c2noc([C@H](C)n3nc(C)c([N+](=O)[O-])c3C)n2)cc1. The summed E-state index contributed by atoms with van der Waals surface area (Å²) >= 11 is 0. The maximum absolute atomic E-state index is 11.1. The van der Waals surface area contributed by atoms with Crippen molar-refractivity contribution in [3.05, 3.63) is 51.7 Å². The van der Waals surface area contributed by atoms with Gasteiger partial charge in [0.05, 0.1) is 12.0 Å². The molecule has 2 aromatic heterocycles. The zero-order chi connectivity index (χ0) is 18.1. The molecule has 0 aliphatic heterocycles. The molecular weight excluding hydrogens is 326 g/mol. The fraction of sp³-hybridized carbons (Fsp3) is 0.312. The topological polar surface area (TPSA) is 109 Å². The molecule has 9 nitrogen and oxygen atoms in total. The minimum Gasteiger partial charge on any atom is -0.497 e. The molecule has 0 unspecified atom stereocenters. The molecule has 0 spiro atoms. The minimum atomic E-state index is -0.433. The van der Waals surface area contributed by atoms with Crippen LogP contribution in [-0.4, -0.2) is 32.0 Å². The molecule has 25 heavy (non-hydrogen) atoms. The Hall–Kier alpha value is -3.23. The quantitative estimate of drug-likeness (QED) is 0.517. The van der Waals surface area contributed by atoms with E-state index in [2.05, 4.69) is 15.2 Å². The lowest BCUT2D eigenvalue weighted by molar-refractivity contribution is -0.386. The Morgan fingerprint density at radius 1 is 1.28 bits per heavy atom. The van der Waals surface area contributed by atoms with Gasteiger partial charge in [-0.1, -0.05) is 5.16 Å². The third kappa shape index (κ3) is 2.95. The summed E-state index contributed by atoms with van der Waals surface area (Å²) in [6.45, 7) is 5.05. The van der Waals surface area contributed by atoms with Crippen molar-refractivity contribution in [1.82, 2.24) is 19.9 Å². The van der Waals surface area contributed by atoms with E-state index in [9.17, 15) is 10.1 Å². The lowest BCUT2D eigenvalue weighted by Crippen LogP contribution is -2.11. The molecule has 1 aromatic carbocycles. The third-order valence-corrected chi connectivity index (χ3v) is 3.98. The molecule has 0 amide bonds. The number of benzene rings is 1. The molecule has 0 bridgehead atoms. The molecule has 0 fully saturated rings. The Morgan fingerprint density at radius 3 is 2.52 bits per heavy atom. The number of aromatic nitrogens is 4. The molecular formula is C16H17N5O4. The van der Waals surface area contributed by atoms with Gasteiger partial charge in [0.25, 0.3) is 5.89 Å². The number of ether oxygens (including phenoxy) is 1. The molecule has 1 atom stereocenters. The van der Waals surface area contributed by atoms with Crippen LogP contribution in [0.2, 0.25) is 0 Å². The number of aryl methyl sites for hydroxylation is 1. The molecule has 130 valence electrons. The van der Waals surface area contributed by atoms with E-state index in [0.717, 1.165) is 11.3 Å². The van der Waals surface area contributed by atoms with Crippen LogP contribution >= 0.6 is 0 Å². The van der Waals surface area contributed by atoms with Crippen LogP contribution in [0.5, 0.6) is 5.75 Å². The highest BCUT2D eigenvalue weighted by atomic mass is 16.6. The highest BCUT2D eigenvalue weighted by Gasteiger charge is 2.27. The molecule has 0 aliphatic rings. The second-order valence-corrected chi connectivity index (χ2v) is 5.58. The van der Waals surface area contributed by atoms with Crippen LogP contribution in [0.4, 0.5) is 5.69 Å². The molecule has 3 rings (SSSR count). The molecule has 3 aromatic rings. The van der Waals surface area contributed by atoms with Crippen molar-refractivity contribution in [3.8, 4) is 17.1 Å². The van der Waals surface area contributed by atoms with Crippen LogP contribution in [0, 0.1) is 24.0 Å². The zero-order valence-corrected chi connectivity index (χ0v) is 14.3. The molecule has 0 saturated carbocycles. The maximum Gasteiger partial charge on any atom is 0.312 e. The zero-order valence-electron chi connectivity index (χ0n) is 14.3. The van der Waals surface area contributed by atoms with Gasteiger partial charge in [-0.15, -0.1) is 0 Å². The summed E-state index contributed by atoms with van der Waals surface area (Å²) in [5.41, 5.74) is 1.58. The Morgan fingerprint density at radius 2 is 1.96 bits per heavy atom. The molecule has 0 saturated heterocycles. The first-order valence-electron chi connectivity index (χ1n) is 7.60. The van der Waals surface area contributed by atoms with E-state index in [0.29, 0.717) is 23.1 Å². The third-order valence-electron chi connectivity index (χ3n) is 3.98. The van der Waals surface area contributed by atoms with Crippen molar-refractivity contribution in [2.45, 2.75) is 26.8 Å². The van der Waals surface area contributed by atoms with Gasteiger partial charge in [-0.2, -0.15) is 10.1 Å². The van der Waals surface area contributed by atoms with Gasteiger partial charge in [0, 0.05) is 5.56 Å². The van der Waals surface area contributed by atoms with Crippen LogP contribution in [0.25, 0.3) is 11.4 Å². The maximum atomic E-state index is 11.1. The normalized spacial score (nSPS) is 12.2. The second-order valence-electron chi connectivity index (χ2n) is 5.58. The van der Waals surface area contributed by atoms with Crippen molar-refractivity contribution >= 4 is 5.69 Å². The number of methoxy groups -OCH3 is 1. The lowest BCUT2D eigenvalue weighted by Gasteiger charge is -2.08. The fourth-order valence-corrected chi connectivity index (χ4v) is 2.66. The van der Waals surface area contributed by atoms with Gasteiger partial charge in [-0.05, 0) is 45.0 Å². The summed E-state index contributed by atoms with van der Waals surface area (Å²) in [6.07, 6.45) is 0. The summed E-state index contributed by atoms with van der Waals surface area (Å²) in [7, 11) is 1.59. The summed E-state index contributed by atoms with van der Waals surface area (Å²) in [4.78, 5) is 15.1. The van der Waals surface area contributed by atoms with Gasteiger partial charge in [0.15, 0.2) is 0 Å². The average Bonchev–Trinajstić information content (AvgIpc) is 3.19. The van der Waals surface area contributed by atoms with Crippen LogP contribution in [0.1, 0.15) is 30.2 Å². The van der Waals surface area contributed by atoms with Crippen LogP contribution < -0.4 is 4.74 Å². The first-order valence-corrected chi connectivity index (χ1v) is 7.60. The van der Waals surface area contributed by atoms with Gasteiger partial charge in [0.2, 0.25) is 5.82 Å². The van der Waals surface area contributed by atoms with Gasteiger partial charge < -0.3 is 9.26 Å². The molecule has 0 aliphatic carbocycles. The molecule has 9 heteroatoms. The van der Waals surface area contributed by atoms with Crippen molar-refractivity contribution < 1.29 is 14.2 Å². The van der Waals surface area contributed by atoms with Gasteiger partial charge in [-0.25, -0.2) is 0 Å². The van der Waals surface area contributed by atoms with Gasteiger partial charge in [-0.3, -0.25) is 14.8 Å². The first-order chi connectivity index (χ1) is 11.9. The van der Waals surface area contributed by atoms with E-state index in [-0.39, 0.29) is 5.69 Å². The van der Waals surface area contributed by atoms with Crippen molar-refractivity contribution in [2.24, 2.45) is 0 Å². The number of nitro groups is 1. The number of hydrogen-bond acceptors (Lipinski definition) is 7. The summed E-state index contributed by atoms with van der Waals surface area (Å²) < 4.78 is 12.0. The van der Waals surface area contributed by atoms with Crippen LogP contribution in [0.3, 0.4) is 0 Å². The first kappa shape index (κ1) is 16.6. The lowest BCUT2D eigenvalue weighted by atomic mass is 10.2. The minimum absolute atomic E-state index is 0.00161. The standard InChI is InChI=1S/C16H17N5O4/c1-9-14(21(22)23)10(2)20(18-9)11(3)16-17-15(19-25-16)12-5-7-13(24-4)8-6-12/h5-8,11H,1-4H3/t11-/m0/s1. The molecule has 2 heterocycles. The van der Waals surface area contributed by atoms with Gasteiger partial charge >= 0.3 is 5.69 Å². The predicted octanol–water partition coefficient (Wildman–Crippen LogP) is 3.08. The Bertz CT molecular complexity index is 913. The van der Waals surface area contributed by atoms with Crippen LogP contribution in [0.15, 0.2) is 28.8 Å². The number of hydrogen-bond donors (Lipinski definition) is 0. The second kappa shape index (κ2) is 6.34. The Kier molecular flexibility index (Phi) is 4.22. The van der Waals surface area contributed by atoms with Crippen molar-refractivity contribution in [1.29, 1.82) is 0 Å². The Balaban J connectivity index is 1.91. The van der Waals surface area contributed by atoms with E-state index in [1.165, 1.54) is 4.68 Å². The average molecular weight is 343 g/mol. The van der Waals surface area contributed by atoms with E-state index >= 15 is 0 Å². The largest absolute Gasteiger partial charge is 0.497 e. The van der Waals surface area contributed by atoms with E-state index in [1.54, 1.807) is 40.0 Å². The fourth-order valence-electron chi connectivity index (χ4n) is 2.66. The number of nitrogens with zero attached hydrogens (tertiary/aromatic N) is 5. The van der Waals surface area contributed by atoms with E-state index in [4.69, 9.17) is 9.26 Å². The highest BCUT2D eigenvalue weighted by molar-refractivity contribution is 5.55. The Labute approximate surface area is 143 Å². The van der Waals surface area contributed by atoms with Crippen LogP contribution in [-0.2, 0) is 0 Å². The van der Waals surface area contributed by atoms with Crippen molar-refractivity contribution in [3.63, 3.8) is 0 Å². The predicted molar refractivity (Wildman–Crippen MR) is 88.5 cm³/mol. The summed E-state index contributed by atoms with van der Waals surface area (Å²) in [5.74, 6) is 1.49. The molecule has 0 radical (unpaired) electrons. The molecule has 0 N–H and O–H groups in total. The van der Waals surface area contributed by atoms with Gasteiger partial charge in [0.1, 0.15) is 23.2 Å². The monoisotopic (exact) mass is 343 g/mol. The summed E-state index contributed by atoms with van der Waals surface area (Å²) in [6, 6.07) is 6.84. The van der Waals surface area contributed by atoms with Crippen molar-refractivity contribution in [2.75, 3.05) is 7.11 Å². The smallest absolute Gasteiger partial charge is 0.312 e. The van der Waals surface area contributed by atoms with E-state index < -0.39 is 11.0 Å². The highest BCUT2D eigenvalue weighted by Crippen LogP contribution is 2.28.